The lowest BCUT2D eigenvalue weighted by molar-refractivity contribution is 0.0951. The first kappa shape index (κ1) is 20.6. The van der Waals surface area contributed by atoms with Gasteiger partial charge in [0.1, 0.15) is 0 Å². The Morgan fingerprint density at radius 3 is 2.34 bits per heavy atom. The van der Waals surface area contributed by atoms with Crippen LogP contribution >= 0.6 is 0 Å². The van der Waals surface area contributed by atoms with E-state index in [0.717, 1.165) is 49.4 Å². The first-order valence-corrected chi connectivity index (χ1v) is 11.1. The van der Waals surface area contributed by atoms with Crippen LogP contribution in [0.1, 0.15) is 37.4 Å². The first-order chi connectivity index (χ1) is 15.6. The number of amides is 1. The third-order valence-electron chi connectivity index (χ3n) is 6.43. The summed E-state index contributed by atoms with van der Waals surface area (Å²) in [6, 6.07) is 21.4. The second-order valence-corrected chi connectivity index (χ2v) is 8.72. The standard InChI is InChI=1S/C27H27N3O2/c1-29-11-13-30(14-12-29)18-20-6-4-5-19(15-20)17-28-27(32)21-9-10-23-22-7-2-3-8-24(22)26(31)25(23)16-21/h2-10,15-16H,11-14,17-18H2,1H3,(H,28,32). The maximum absolute atomic E-state index is 12.8. The lowest BCUT2D eigenvalue weighted by Crippen LogP contribution is -2.43. The van der Waals surface area contributed by atoms with E-state index in [2.05, 4.69) is 40.4 Å². The predicted octanol–water partition coefficient (Wildman–Crippen LogP) is 3.58. The summed E-state index contributed by atoms with van der Waals surface area (Å²) in [5, 5.41) is 3.01. The topological polar surface area (TPSA) is 52.6 Å². The lowest BCUT2D eigenvalue weighted by atomic mass is 10.0. The van der Waals surface area contributed by atoms with Crippen molar-refractivity contribution in [3.8, 4) is 11.1 Å². The number of carbonyl (C=O) groups excluding carboxylic acids is 2. The van der Waals surface area contributed by atoms with E-state index in [9.17, 15) is 9.59 Å². The smallest absolute Gasteiger partial charge is 0.251 e. The number of piperazine rings is 1. The van der Waals surface area contributed by atoms with Gasteiger partial charge in [0.2, 0.25) is 0 Å². The fraction of sp³-hybridized carbons (Fsp3) is 0.259. The third kappa shape index (κ3) is 4.09. The minimum Gasteiger partial charge on any atom is -0.348 e. The van der Waals surface area contributed by atoms with E-state index in [1.54, 1.807) is 12.1 Å². The van der Waals surface area contributed by atoms with Crippen molar-refractivity contribution in [2.75, 3.05) is 33.2 Å². The van der Waals surface area contributed by atoms with Crippen LogP contribution in [-0.4, -0.2) is 54.7 Å². The molecule has 2 aliphatic rings. The summed E-state index contributed by atoms with van der Waals surface area (Å²) in [4.78, 5) is 30.3. The summed E-state index contributed by atoms with van der Waals surface area (Å²) >= 11 is 0. The number of likely N-dealkylation sites (N-methyl/N-ethyl adjacent to an activating group) is 1. The maximum atomic E-state index is 12.8. The van der Waals surface area contributed by atoms with Crippen LogP contribution in [0.15, 0.2) is 66.7 Å². The molecule has 5 heteroatoms. The highest BCUT2D eigenvalue weighted by Gasteiger charge is 2.27. The van der Waals surface area contributed by atoms with Crippen LogP contribution in [0.4, 0.5) is 0 Å². The van der Waals surface area contributed by atoms with E-state index in [-0.39, 0.29) is 11.7 Å². The predicted molar refractivity (Wildman–Crippen MR) is 126 cm³/mol. The van der Waals surface area contributed by atoms with Crippen LogP contribution in [0.2, 0.25) is 0 Å². The molecule has 1 heterocycles. The van der Waals surface area contributed by atoms with Crippen molar-refractivity contribution >= 4 is 11.7 Å². The van der Waals surface area contributed by atoms with E-state index >= 15 is 0 Å². The zero-order valence-corrected chi connectivity index (χ0v) is 18.3. The number of benzene rings is 3. The van der Waals surface area contributed by atoms with Crippen molar-refractivity contribution in [1.29, 1.82) is 0 Å². The molecule has 162 valence electrons. The molecule has 32 heavy (non-hydrogen) atoms. The quantitative estimate of drug-likeness (QED) is 0.531. The van der Waals surface area contributed by atoms with Crippen LogP contribution in [0.3, 0.4) is 0 Å². The number of hydrogen-bond acceptors (Lipinski definition) is 4. The maximum Gasteiger partial charge on any atom is 0.251 e. The molecule has 0 atom stereocenters. The summed E-state index contributed by atoms with van der Waals surface area (Å²) in [6.07, 6.45) is 0. The Morgan fingerprint density at radius 1 is 0.812 bits per heavy atom. The van der Waals surface area contributed by atoms with Gasteiger partial charge in [0.25, 0.3) is 5.91 Å². The number of rotatable bonds is 5. The van der Waals surface area contributed by atoms with Gasteiger partial charge in [-0.05, 0) is 41.4 Å². The molecule has 1 aliphatic carbocycles. The zero-order valence-electron chi connectivity index (χ0n) is 18.3. The Kier molecular flexibility index (Phi) is 5.60. The summed E-state index contributed by atoms with van der Waals surface area (Å²) in [5.74, 6) is -0.178. The second kappa shape index (κ2) is 8.69. The van der Waals surface area contributed by atoms with Gasteiger partial charge in [-0.2, -0.15) is 0 Å². The largest absolute Gasteiger partial charge is 0.348 e. The molecular formula is C27H27N3O2. The average molecular weight is 426 g/mol. The molecule has 1 saturated heterocycles. The van der Waals surface area contributed by atoms with Gasteiger partial charge in [0.15, 0.2) is 5.78 Å². The van der Waals surface area contributed by atoms with Gasteiger partial charge in [-0.3, -0.25) is 14.5 Å². The molecule has 0 saturated carbocycles. The second-order valence-electron chi connectivity index (χ2n) is 8.72. The molecule has 1 N–H and O–H groups in total. The Hall–Kier alpha value is -3.28. The van der Waals surface area contributed by atoms with Crippen molar-refractivity contribution in [2.45, 2.75) is 13.1 Å². The van der Waals surface area contributed by atoms with E-state index < -0.39 is 0 Å². The highest BCUT2D eigenvalue weighted by atomic mass is 16.1. The van der Waals surface area contributed by atoms with Gasteiger partial charge in [-0.25, -0.2) is 0 Å². The molecule has 0 radical (unpaired) electrons. The molecule has 5 nitrogen and oxygen atoms in total. The molecule has 0 aromatic heterocycles. The Labute approximate surface area is 188 Å². The molecule has 3 aromatic carbocycles. The molecule has 0 spiro atoms. The molecule has 0 bridgehead atoms. The van der Waals surface area contributed by atoms with E-state index in [1.807, 2.05) is 36.4 Å². The van der Waals surface area contributed by atoms with Crippen LogP contribution < -0.4 is 5.32 Å². The van der Waals surface area contributed by atoms with Gasteiger partial charge in [-0.15, -0.1) is 0 Å². The lowest BCUT2D eigenvalue weighted by Gasteiger charge is -2.32. The van der Waals surface area contributed by atoms with Crippen molar-refractivity contribution in [1.82, 2.24) is 15.1 Å². The van der Waals surface area contributed by atoms with Crippen molar-refractivity contribution < 1.29 is 9.59 Å². The SMILES string of the molecule is CN1CCN(Cc2cccc(CNC(=O)c3ccc4c(c3)C(=O)c3ccccc3-4)c2)CC1. The van der Waals surface area contributed by atoms with Crippen LogP contribution in [0.25, 0.3) is 11.1 Å². The first-order valence-electron chi connectivity index (χ1n) is 11.1. The molecule has 0 unspecified atom stereocenters. The molecule has 1 fully saturated rings. The highest BCUT2D eigenvalue weighted by Crippen LogP contribution is 2.36. The average Bonchev–Trinajstić information content (AvgIpc) is 3.11. The van der Waals surface area contributed by atoms with Gasteiger partial charge in [0.05, 0.1) is 0 Å². The highest BCUT2D eigenvalue weighted by molar-refractivity contribution is 6.22. The number of ketones is 1. The zero-order chi connectivity index (χ0) is 22.1. The summed E-state index contributed by atoms with van der Waals surface area (Å²) < 4.78 is 0. The van der Waals surface area contributed by atoms with Crippen LogP contribution in [0, 0.1) is 0 Å². The summed E-state index contributed by atoms with van der Waals surface area (Å²) in [5.41, 5.74) is 6.01. The summed E-state index contributed by atoms with van der Waals surface area (Å²) in [7, 11) is 2.16. The van der Waals surface area contributed by atoms with Crippen LogP contribution in [0.5, 0.6) is 0 Å². The monoisotopic (exact) mass is 425 g/mol. The number of hydrogen-bond donors (Lipinski definition) is 1. The van der Waals surface area contributed by atoms with E-state index in [0.29, 0.717) is 23.2 Å². The van der Waals surface area contributed by atoms with Crippen molar-refractivity contribution in [2.24, 2.45) is 0 Å². The van der Waals surface area contributed by atoms with Gasteiger partial charge >= 0.3 is 0 Å². The van der Waals surface area contributed by atoms with Gasteiger partial charge in [-0.1, -0.05) is 54.6 Å². The Bertz CT molecular complexity index is 1180. The number of carbonyl (C=O) groups is 2. The fourth-order valence-corrected chi connectivity index (χ4v) is 4.56. The van der Waals surface area contributed by atoms with Gasteiger partial charge in [0, 0.05) is 56.0 Å². The molecule has 5 rings (SSSR count). The molecular weight excluding hydrogens is 398 g/mol. The van der Waals surface area contributed by atoms with Gasteiger partial charge < -0.3 is 10.2 Å². The summed E-state index contributed by atoms with van der Waals surface area (Å²) in [6.45, 7) is 5.76. The minimum atomic E-state index is -0.166. The molecule has 1 amide bonds. The Balaban J connectivity index is 1.24. The fourth-order valence-electron chi connectivity index (χ4n) is 4.56. The van der Waals surface area contributed by atoms with E-state index in [1.165, 1.54) is 5.56 Å². The number of nitrogens with zero attached hydrogens (tertiary/aromatic N) is 2. The molecule has 3 aromatic rings. The normalized spacial score (nSPS) is 16.0. The number of nitrogens with one attached hydrogen (secondary N) is 1. The van der Waals surface area contributed by atoms with Crippen molar-refractivity contribution in [3.05, 3.63) is 94.5 Å². The third-order valence-corrected chi connectivity index (χ3v) is 6.43. The van der Waals surface area contributed by atoms with Crippen LogP contribution in [-0.2, 0) is 13.1 Å². The minimum absolute atomic E-state index is 0.0122. The molecule has 1 aliphatic heterocycles. The number of fused-ring (bicyclic) bond motifs is 3. The Morgan fingerprint density at radius 2 is 1.53 bits per heavy atom. The van der Waals surface area contributed by atoms with E-state index in [4.69, 9.17) is 0 Å². The van der Waals surface area contributed by atoms with Crippen molar-refractivity contribution in [3.63, 3.8) is 0 Å².